The van der Waals surface area contributed by atoms with Crippen molar-refractivity contribution in [2.75, 3.05) is 19.0 Å². The third-order valence-corrected chi connectivity index (χ3v) is 3.21. The van der Waals surface area contributed by atoms with Crippen molar-refractivity contribution in [2.45, 2.75) is 0 Å². The average Bonchev–Trinajstić information content (AvgIpc) is 2.07. The summed E-state index contributed by atoms with van der Waals surface area (Å²) in [5.41, 5.74) is 0. The summed E-state index contributed by atoms with van der Waals surface area (Å²) in [6.07, 6.45) is -1.24. The number of hydrogen-bond donors (Lipinski definition) is 6. The maximum atomic E-state index is 10.1. The summed E-state index contributed by atoms with van der Waals surface area (Å²) in [6, 6.07) is 0.465. The zero-order chi connectivity index (χ0) is 11.8. The van der Waals surface area contributed by atoms with Crippen LogP contribution in [0.2, 0.25) is 0 Å². The third-order valence-electron chi connectivity index (χ3n) is 1.07. The highest BCUT2D eigenvalue weighted by Gasteiger charge is 2.35. The van der Waals surface area contributed by atoms with Crippen LogP contribution in [-0.4, -0.2) is 55.1 Å². The number of aliphatic hydroxyl groups excluding tert-OH is 3. The van der Waals surface area contributed by atoms with Gasteiger partial charge in [0.2, 0.25) is 0 Å². The molecule has 0 spiro atoms. The van der Waals surface area contributed by atoms with Crippen molar-refractivity contribution in [2.24, 2.45) is 0 Å². The monoisotopic (exact) mass is 251 g/mol. The van der Waals surface area contributed by atoms with Crippen molar-refractivity contribution in [1.82, 2.24) is 0 Å². The molecule has 0 heterocycles. The normalized spacial score (nSPS) is 11.6. The molecule has 6 N–H and O–H groups in total. The van der Waals surface area contributed by atoms with E-state index in [1.54, 1.807) is 0 Å². The predicted octanol–water partition coefficient (Wildman–Crippen LogP) is -1.89. The highest BCUT2D eigenvalue weighted by molar-refractivity contribution is 7.88. The van der Waals surface area contributed by atoms with Gasteiger partial charge in [-0.05, 0) is 0 Å². The van der Waals surface area contributed by atoms with Crippen LogP contribution in [0.25, 0.3) is 0 Å². The first kappa shape index (κ1) is 16.5. The molecule has 0 aromatic rings. The third kappa shape index (κ3) is 10.2. The zero-order valence-electron chi connectivity index (χ0n) is 7.09. The second-order valence-electron chi connectivity index (χ2n) is 2.26. The van der Waals surface area contributed by atoms with Crippen molar-refractivity contribution in [3.05, 3.63) is 0 Å². The lowest BCUT2D eigenvalue weighted by Crippen LogP contribution is -2.07. The quantitative estimate of drug-likeness (QED) is 0.250. The first-order chi connectivity index (χ1) is 6.24. The second-order valence-corrected chi connectivity index (χ2v) is 6.78. The summed E-state index contributed by atoms with van der Waals surface area (Å²) in [6.45, 7) is 0. The van der Waals surface area contributed by atoms with E-state index in [0.29, 0.717) is 6.03 Å². The van der Waals surface area contributed by atoms with Gasteiger partial charge in [0.1, 0.15) is 0 Å². The fraction of sp³-hybridized carbons (Fsp3) is 0.750. The first-order valence-corrected chi connectivity index (χ1v) is 7.15. The number of hydrogen-bond acceptors (Lipinski definition) is 5. The van der Waals surface area contributed by atoms with Crippen molar-refractivity contribution in [3.8, 4) is 0 Å². The smallest absolute Gasteiger partial charge is 0.361 e. The Morgan fingerprint density at radius 1 is 1.00 bits per heavy atom. The van der Waals surface area contributed by atoms with Gasteiger partial charge in [-0.15, -0.1) is 0 Å². The molecule has 0 aromatic carbocycles. The first-order valence-electron chi connectivity index (χ1n) is 3.17. The molecule has 0 bridgehead atoms. The summed E-state index contributed by atoms with van der Waals surface area (Å²) >= 11 is 0. The average molecular weight is 251 g/mol. The van der Waals surface area contributed by atoms with Crippen LogP contribution in [0.3, 0.4) is 0 Å². The summed E-state index contributed by atoms with van der Waals surface area (Å²) in [5.74, 6) is 0. The van der Waals surface area contributed by atoms with E-state index in [-0.39, 0.29) is 0 Å². The second kappa shape index (κ2) is 7.39. The van der Waals surface area contributed by atoms with Gasteiger partial charge in [-0.2, -0.15) is 0 Å². The molecule has 0 aliphatic heterocycles. The Kier molecular flexibility index (Phi) is 8.72. The molecule has 14 heavy (non-hydrogen) atoms. The molecule has 0 fully saturated rings. The van der Waals surface area contributed by atoms with Gasteiger partial charge in [0.25, 0.3) is 6.03 Å². The van der Waals surface area contributed by atoms with Crippen molar-refractivity contribution in [1.29, 1.82) is 0 Å². The highest BCUT2D eigenvalue weighted by atomic mass is 31.2. The molecule has 86 valence electrons. The Bertz CT molecular complexity index is 179. The SMILES string of the molecule is O=C[P+](CO)(CO)CO.O=P(O)(O)O. The zero-order valence-corrected chi connectivity index (χ0v) is 8.88. The van der Waals surface area contributed by atoms with Crippen LogP contribution < -0.4 is 0 Å². The number of aliphatic hydroxyl groups is 3. The van der Waals surface area contributed by atoms with Crippen molar-refractivity contribution in [3.63, 3.8) is 0 Å². The molecule has 0 aliphatic carbocycles. The number of carbonyl (C=O) groups is 1. The van der Waals surface area contributed by atoms with E-state index in [2.05, 4.69) is 0 Å². The lowest BCUT2D eigenvalue weighted by atomic mass is 11.6. The van der Waals surface area contributed by atoms with Crippen LogP contribution in [0.5, 0.6) is 0 Å². The summed E-state index contributed by atoms with van der Waals surface area (Å²) < 4.78 is 8.88. The topological polar surface area (TPSA) is 156 Å². The van der Waals surface area contributed by atoms with E-state index in [1.165, 1.54) is 0 Å². The maximum absolute atomic E-state index is 10.1. The van der Waals surface area contributed by atoms with Gasteiger partial charge in [0.15, 0.2) is 26.3 Å². The summed E-state index contributed by atoms with van der Waals surface area (Å²) in [7, 11) is -7.07. The molecule has 0 aliphatic rings. The lowest BCUT2D eigenvalue weighted by Gasteiger charge is -2.10. The fourth-order valence-electron chi connectivity index (χ4n) is 0.234. The molecule has 8 nitrogen and oxygen atoms in total. The number of phosphoric acid groups is 1. The van der Waals surface area contributed by atoms with E-state index in [0.717, 1.165) is 0 Å². The van der Waals surface area contributed by atoms with Crippen LogP contribution >= 0.6 is 15.1 Å². The van der Waals surface area contributed by atoms with Crippen LogP contribution in [0, 0.1) is 0 Å². The molecular formula is C4H13O8P2+. The van der Waals surface area contributed by atoms with E-state index in [9.17, 15) is 4.79 Å². The Morgan fingerprint density at radius 2 is 1.21 bits per heavy atom. The van der Waals surface area contributed by atoms with E-state index >= 15 is 0 Å². The molecule has 0 atom stereocenters. The molecule has 0 aromatic heterocycles. The van der Waals surface area contributed by atoms with Crippen LogP contribution in [0.4, 0.5) is 0 Å². The highest BCUT2D eigenvalue weighted by Crippen LogP contribution is 2.52. The molecule has 0 saturated heterocycles. The Morgan fingerprint density at radius 3 is 1.21 bits per heavy atom. The molecule has 0 radical (unpaired) electrons. The predicted molar refractivity (Wildman–Crippen MR) is 49.2 cm³/mol. The van der Waals surface area contributed by atoms with Crippen molar-refractivity contribution >= 4 is 21.1 Å². The van der Waals surface area contributed by atoms with Gasteiger partial charge in [-0.3, -0.25) is 4.79 Å². The van der Waals surface area contributed by atoms with Crippen molar-refractivity contribution < 1.29 is 39.4 Å². The summed E-state index contributed by atoms with van der Waals surface area (Å²) in [5, 5.41) is 25.4. The Balaban J connectivity index is 0. The van der Waals surface area contributed by atoms with Gasteiger partial charge in [-0.25, -0.2) is 4.57 Å². The Hall–Kier alpha value is 0.0900. The molecule has 0 rings (SSSR count). The standard InChI is InChI=1S/C4H10O4P.H3O4P/c5-1-9(2-6,3-7)4-8;1-5(2,3)4/h1,6-8H,2-4H2;(H3,1,2,3,4)/q+1;. The lowest BCUT2D eigenvalue weighted by molar-refractivity contribution is 0.275. The molecule has 0 unspecified atom stereocenters. The van der Waals surface area contributed by atoms with Gasteiger partial charge >= 0.3 is 7.82 Å². The fourth-order valence-corrected chi connectivity index (χ4v) is 0.702. The molecule has 10 heteroatoms. The molecule has 0 saturated carbocycles. The summed E-state index contributed by atoms with van der Waals surface area (Å²) in [4.78, 5) is 31.7. The minimum Gasteiger partial charge on any atom is -0.361 e. The largest absolute Gasteiger partial charge is 0.466 e. The Labute approximate surface area is 80.4 Å². The van der Waals surface area contributed by atoms with Gasteiger partial charge in [-0.1, -0.05) is 0 Å². The number of rotatable bonds is 4. The van der Waals surface area contributed by atoms with Gasteiger partial charge in [0, 0.05) is 0 Å². The van der Waals surface area contributed by atoms with E-state index < -0.39 is 34.1 Å². The van der Waals surface area contributed by atoms with Gasteiger partial charge in [0.05, 0.1) is 0 Å². The number of carbonyl (C=O) groups excluding carboxylic acids is 1. The minimum absolute atomic E-state index is 0.413. The van der Waals surface area contributed by atoms with Gasteiger partial charge < -0.3 is 30.0 Å². The molecule has 0 amide bonds. The van der Waals surface area contributed by atoms with Crippen LogP contribution in [0.1, 0.15) is 0 Å². The maximum Gasteiger partial charge on any atom is 0.466 e. The minimum atomic E-state index is -4.64. The molecular weight excluding hydrogens is 238 g/mol. The van der Waals surface area contributed by atoms with Crippen LogP contribution in [0.15, 0.2) is 0 Å². The van der Waals surface area contributed by atoms with E-state index in [4.69, 9.17) is 34.6 Å². The van der Waals surface area contributed by atoms with E-state index in [1.807, 2.05) is 0 Å². The van der Waals surface area contributed by atoms with Crippen LogP contribution in [-0.2, 0) is 9.36 Å².